The average Bonchev–Trinajstić information content (AvgIpc) is 2.78. The van der Waals surface area contributed by atoms with Gasteiger partial charge in [0.1, 0.15) is 5.75 Å². The van der Waals surface area contributed by atoms with Crippen LogP contribution in [0.2, 0.25) is 5.02 Å². The van der Waals surface area contributed by atoms with Crippen LogP contribution in [0.15, 0.2) is 48.5 Å². The van der Waals surface area contributed by atoms with Crippen molar-refractivity contribution in [3.63, 3.8) is 0 Å². The number of nitrogens with one attached hydrogen (secondary N) is 1. The first-order chi connectivity index (χ1) is 15.0. The third kappa shape index (κ3) is 7.07. The van der Waals surface area contributed by atoms with Crippen LogP contribution < -0.4 is 19.5 Å². The molecule has 1 N–H and O–H groups in total. The van der Waals surface area contributed by atoms with Crippen molar-refractivity contribution >= 4 is 23.4 Å². The molecule has 1 fully saturated rings. The van der Waals surface area contributed by atoms with Gasteiger partial charge in [-0.3, -0.25) is 9.59 Å². The van der Waals surface area contributed by atoms with Gasteiger partial charge in [-0.05, 0) is 56.2 Å². The summed E-state index contributed by atoms with van der Waals surface area (Å²) >= 11 is 5.83. The molecule has 0 aliphatic carbocycles. The minimum absolute atomic E-state index is 0.0185. The van der Waals surface area contributed by atoms with E-state index in [9.17, 15) is 9.59 Å². The molecule has 0 aromatic heterocycles. The van der Waals surface area contributed by atoms with Gasteiger partial charge in [0, 0.05) is 24.2 Å². The maximum Gasteiger partial charge on any atom is 0.260 e. The second kappa shape index (κ2) is 11.5. The molecule has 3 rings (SSSR count). The lowest BCUT2D eigenvalue weighted by molar-refractivity contribution is -0.134. The van der Waals surface area contributed by atoms with E-state index in [0.29, 0.717) is 54.8 Å². The van der Waals surface area contributed by atoms with Gasteiger partial charge in [0.25, 0.3) is 11.8 Å². The molecule has 0 saturated carbocycles. The number of ether oxygens (including phenoxy) is 3. The maximum atomic E-state index is 12.5. The van der Waals surface area contributed by atoms with Crippen LogP contribution in [0.5, 0.6) is 17.2 Å². The van der Waals surface area contributed by atoms with E-state index in [1.165, 1.54) is 0 Å². The van der Waals surface area contributed by atoms with E-state index in [0.717, 1.165) is 0 Å². The predicted octanol–water partition coefficient (Wildman–Crippen LogP) is 3.30. The fourth-order valence-corrected chi connectivity index (χ4v) is 3.42. The van der Waals surface area contributed by atoms with Crippen molar-refractivity contribution in [2.75, 3.05) is 32.9 Å². The number of hydrogen-bond donors (Lipinski definition) is 1. The van der Waals surface area contributed by atoms with E-state index < -0.39 is 0 Å². The average molecular weight is 447 g/mol. The Labute approximate surface area is 187 Å². The number of halogens is 1. The quantitative estimate of drug-likeness (QED) is 0.639. The number of hydrogen-bond acceptors (Lipinski definition) is 5. The topological polar surface area (TPSA) is 77.1 Å². The Balaban J connectivity index is 1.37. The van der Waals surface area contributed by atoms with Gasteiger partial charge in [-0.2, -0.15) is 0 Å². The Kier molecular flexibility index (Phi) is 8.41. The molecule has 7 nitrogen and oxygen atoms in total. The molecule has 0 unspecified atom stereocenters. The number of para-hydroxylation sites is 2. The number of nitrogens with zero attached hydrogens (tertiary/aromatic N) is 1. The number of likely N-dealkylation sites (tertiary alicyclic amines) is 1. The van der Waals surface area contributed by atoms with Crippen LogP contribution in [-0.4, -0.2) is 55.7 Å². The van der Waals surface area contributed by atoms with Crippen LogP contribution in [0, 0.1) is 0 Å². The smallest absolute Gasteiger partial charge is 0.260 e. The molecule has 0 spiro atoms. The van der Waals surface area contributed by atoms with Crippen molar-refractivity contribution in [3.05, 3.63) is 53.6 Å². The lowest BCUT2D eigenvalue weighted by Crippen LogP contribution is -2.48. The van der Waals surface area contributed by atoms with Crippen LogP contribution in [0.1, 0.15) is 19.8 Å². The van der Waals surface area contributed by atoms with Gasteiger partial charge in [0.2, 0.25) is 0 Å². The molecule has 2 aromatic carbocycles. The summed E-state index contributed by atoms with van der Waals surface area (Å²) in [5, 5.41) is 3.58. The fraction of sp³-hybridized carbons (Fsp3) is 0.391. The summed E-state index contributed by atoms with van der Waals surface area (Å²) < 4.78 is 16.6. The monoisotopic (exact) mass is 446 g/mol. The van der Waals surface area contributed by atoms with Crippen molar-refractivity contribution in [2.45, 2.75) is 25.8 Å². The number of carbonyl (C=O) groups excluding carboxylic acids is 2. The summed E-state index contributed by atoms with van der Waals surface area (Å²) in [7, 11) is 0. The molecule has 1 saturated heterocycles. The summed E-state index contributed by atoms with van der Waals surface area (Å²) in [6.45, 7) is 3.45. The Morgan fingerprint density at radius 3 is 2.26 bits per heavy atom. The summed E-state index contributed by atoms with van der Waals surface area (Å²) in [5.41, 5.74) is 0. The van der Waals surface area contributed by atoms with E-state index >= 15 is 0 Å². The van der Waals surface area contributed by atoms with Crippen molar-refractivity contribution < 1.29 is 23.8 Å². The van der Waals surface area contributed by atoms with E-state index in [-0.39, 0.29) is 31.1 Å². The number of benzene rings is 2. The number of amides is 2. The first-order valence-corrected chi connectivity index (χ1v) is 10.7. The highest BCUT2D eigenvalue weighted by atomic mass is 35.5. The largest absolute Gasteiger partial charge is 0.490 e. The Hall–Kier alpha value is -2.93. The highest BCUT2D eigenvalue weighted by Crippen LogP contribution is 2.26. The van der Waals surface area contributed by atoms with Gasteiger partial charge in [-0.15, -0.1) is 0 Å². The van der Waals surface area contributed by atoms with E-state index in [2.05, 4.69) is 5.32 Å². The first kappa shape index (κ1) is 22.7. The standard InChI is InChI=1S/C23H27ClN2O5/c1-2-29-20-5-3-4-6-21(20)31-16-23(28)26-13-11-18(12-14-26)25-22(27)15-30-19-9-7-17(24)8-10-19/h3-10,18H,2,11-16H2,1H3,(H,25,27). The van der Waals surface area contributed by atoms with Crippen molar-refractivity contribution in [2.24, 2.45) is 0 Å². The Morgan fingerprint density at radius 2 is 1.61 bits per heavy atom. The molecule has 31 heavy (non-hydrogen) atoms. The zero-order chi connectivity index (χ0) is 22.1. The van der Waals surface area contributed by atoms with Gasteiger partial charge < -0.3 is 24.4 Å². The zero-order valence-electron chi connectivity index (χ0n) is 17.5. The molecule has 0 radical (unpaired) electrons. The van der Waals surface area contributed by atoms with Gasteiger partial charge >= 0.3 is 0 Å². The minimum Gasteiger partial charge on any atom is -0.490 e. The van der Waals surface area contributed by atoms with E-state index in [1.54, 1.807) is 35.2 Å². The summed E-state index contributed by atoms with van der Waals surface area (Å²) in [5.74, 6) is 1.50. The lowest BCUT2D eigenvalue weighted by Gasteiger charge is -2.32. The molecule has 2 aromatic rings. The second-order valence-corrected chi connectivity index (χ2v) is 7.57. The highest BCUT2D eigenvalue weighted by molar-refractivity contribution is 6.30. The molecule has 1 aliphatic rings. The molecule has 1 aliphatic heterocycles. The molecular weight excluding hydrogens is 420 g/mol. The molecule has 166 valence electrons. The predicted molar refractivity (Wildman–Crippen MR) is 118 cm³/mol. The van der Waals surface area contributed by atoms with Crippen molar-refractivity contribution in [1.29, 1.82) is 0 Å². The lowest BCUT2D eigenvalue weighted by atomic mass is 10.1. The zero-order valence-corrected chi connectivity index (χ0v) is 18.3. The molecule has 1 heterocycles. The first-order valence-electron chi connectivity index (χ1n) is 10.3. The van der Waals surface area contributed by atoms with E-state index in [4.69, 9.17) is 25.8 Å². The van der Waals surface area contributed by atoms with Gasteiger partial charge in [0.15, 0.2) is 24.7 Å². The normalized spacial score (nSPS) is 14.1. The molecule has 0 atom stereocenters. The summed E-state index contributed by atoms with van der Waals surface area (Å²) in [6, 6.07) is 14.2. The molecular formula is C23H27ClN2O5. The van der Waals surface area contributed by atoms with Crippen LogP contribution in [-0.2, 0) is 9.59 Å². The third-order valence-electron chi connectivity index (χ3n) is 4.90. The van der Waals surface area contributed by atoms with Crippen LogP contribution in [0.3, 0.4) is 0 Å². The molecule has 0 bridgehead atoms. The number of rotatable bonds is 9. The van der Waals surface area contributed by atoms with Gasteiger partial charge in [-0.25, -0.2) is 0 Å². The van der Waals surface area contributed by atoms with Crippen LogP contribution in [0.4, 0.5) is 0 Å². The number of carbonyl (C=O) groups is 2. The van der Waals surface area contributed by atoms with E-state index in [1.807, 2.05) is 25.1 Å². The van der Waals surface area contributed by atoms with Crippen molar-refractivity contribution in [3.8, 4) is 17.2 Å². The Morgan fingerprint density at radius 1 is 0.968 bits per heavy atom. The third-order valence-corrected chi connectivity index (χ3v) is 5.15. The minimum atomic E-state index is -0.185. The number of piperidine rings is 1. The van der Waals surface area contributed by atoms with Crippen molar-refractivity contribution in [1.82, 2.24) is 10.2 Å². The van der Waals surface area contributed by atoms with Crippen LogP contribution >= 0.6 is 11.6 Å². The summed E-state index contributed by atoms with van der Waals surface area (Å²) in [6.07, 6.45) is 1.38. The van der Waals surface area contributed by atoms with Gasteiger partial charge in [0.05, 0.1) is 6.61 Å². The molecule has 2 amide bonds. The van der Waals surface area contributed by atoms with Crippen LogP contribution in [0.25, 0.3) is 0 Å². The second-order valence-electron chi connectivity index (χ2n) is 7.13. The maximum absolute atomic E-state index is 12.5. The Bertz CT molecular complexity index is 867. The highest BCUT2D eigenvalue weighted by Gasteiger charge is 2.24. The summed E-state index contributed by atoms with van der Waals surface area (Å²) in [4.78, 5) is 26.4. The molecule has 8 heteroatoms. The van der Waals surface area contributed by atoms with Gasteiger partial charge in [-0.1, -0.05) is 23.7 Å². The SMILES string of the molecule is CCOc1ccccc1OCC(=O)N1CCC(NC(=O)COc2ccc(Cl)cc2)CC1. The fourth-order valence-electron chi connectivity index (χ4n) is 3.30.